The van der Waals surface area contributed by atoms with Crippen molar-refractivity contribution >= 4 is 5.78 Å². The zero-order valence-electron chi connectivity index (χ0n) is 9.70. The Labute approximate surface area is 96.3 Å². The second-order valence-corrected chi connectivity index (χ2v) is 4.67. The van der Waals surface area contributed by atoms with Crippen LogP contribution in [0.15, 0.2) is 18.2 Å². The molecule has 1 aromatic rings. The Morgan fingerprint density at radius 1 is 1.31 bits per heavy atom. The van der Waals surface area contributed by atoms with Crippen LogP contribution in [-0.4, -0.2) is 17.0 Å². The fraction of sp³-hybridized carbons (Fsp3) is 0.500. The van der Waals surface area contributed by atoms with Crippen LogP contribution in [0.3, 0.4) is 0 Å². The normalized spacial score (nSPS) is 16.6. The Hall–Kier alpha value is -1.15. The van der Waals surface area contributed by atoms with Crippen molar-refractivity contribution in [2.75, 3.05) is 0 Å². The standard InChI is InChI=1S/C14H18O2/c1-10(15)8-14(16)13-7-6-11-4-2-3-5-12(11)9-13/h6-7,9-10,15H,2-5,8H2,1H3. The predicted molar refractivity (Wildman–Crippen MR) is 63.7 cm³/mol. The molecule has 0 radical (unpaired) electrons. The lowest BCUT2D eigenvalue weighted by molar-refractivity contribution is 0.0901. The first-order valence-corrected chi connectivity index (χ1v) is 6.00. The van der Waals surface area contributed by atoms with Gasteiger partial charge in [0.25, 0.3) is 0 Å². The van der Waals surface area contributed by atoms with Crippen LogP contribution < -0.4 is 0 Å². The third kappa shape index (κ3) is 2.50. The lowest BCUT2D eigenvalue weighted by atomic mass is 9.89. The molecule has 0 spiro atoms. The lowest BCUT2D eigenvalue weighted by Gasteiger charge is -2.16. The molecule has 0 amide bonds. The highest BCUT2D eigenvalue weighted by Crippen LogP contribution is 2.22. The maximum Gasteiger partial charge on any atom is 0.165 e. The van der Waals surface area contributed by atoms with Gasteiger partial charge in [-0.25, -0.2) is 0 Å². The van der Waals surface area contributed by atoms with Gasteiger partial charge in [0.15, 0.2) is 5.78 Å². The number of aryl methyl sites for hydroxylation is 2. The number of benzene rings is 1. The van der Waals surface area contributed by atoms with E-state index in [-0.39, 0.29) is 12.2 Å². The van der Waals surface area contributed by atoms with Gasteiger partial charge in [-0.15, -0.1) is 0 Å². The molecule has 0 saturated carbocycles. The molecule has 86 valence electrons. The van der Waals surface area contributed by atoms with Gasteiger partial charge >= 0.3 is 0 Å². The number of aliphatic hydroxyl groups is 1. The van der Waals surface area contributed by atoms with Gasteiger partial charge in [0.1, 0.15) is 0 Å². The predicted octanol–water partition coefficient (Wildman–Crippen LogP) is 2.52. The molecular weight excluding hydrogens is 200 g/mol. The molecule has 0 aliphatic heterocycles. The van der Waals surface area contributed by atoms with Crippen molar-refractivity contribution in [2.24, 2.45) is 0 Å². The van der Waals surface area contributed by atoms with Crippen molar-refractivity contribution in [3.8, 4) is 0 Å². The lowest BCUT2D eigenvalue weighted by Crippen LogP contribution is -2.11. The van der Waals surface area contributed by atoms with Crippen molar-refractivity contribution in [3.63, 3.8) is 0 Å². The monoisotopic (exact) mass is 218 g/mol. The first kappa shape index (κ1) is 11.3. The van der Waals surface area contributed by atoms with Crippen molar-refractivity contribution in [3.05, 3.63) is 34.9 Å². The fourth-order valence-corrected chi connectivity index (χ4v) is 2.29. The summed E-state index contributed by atoms with van der Waals surface area (Å²) in [7, 11) is 0. The summed E-state index contributed by atoms with van der Waals surface area (Å²) >= 11 is 0. The molecule has 1 N–H and O–H groups in total. The summed E-state index contributed by atoms with van der Waals surface area (Å²) in [5, 5.41) is 9.20. The van der Waals surface area contributed by atoms with Crippen LogP contribution in [0.1, 0.15) is 47.7 Å². The molecule has 2 rings (SSSR count). The van der Waals surface area contributed by atoms with Gasteiger partial charge in [0.2, 0.25) is 0 Å². The molecule has 0 aromatic heterocycles. The van der Waals surface area contributed by atoms with Crippen LogP contribution in [0.5, 0.6) is 0 Å². The van der Waals surface area contributed by atoms with E-state index >= 15 is 0 Å². The van der Waals surface area contributed by atoms with E-state index < -0.39 is 6.10 Å². The van der Waals surface area contributed by atoms with E-state index in [1.807, 2.05) is 12.1 Å². The minimum absolute atomic E-state index is 0.0448. The van der Waals surface area contributed by atoms with Crippen molar-refractivity contribution in [2.45, 2.75) is 45.1 Å². The number of Topliss-reactive ketones (excluding diaryl/α,β-unsaturated/α-hetero) is 1. The van der Waals surface area contributed by atoms with E-state index in [4.69, 9.17) is 0 Å². The van der Waals surface area contributed by atoms with Crippen molar-refractivity contribution in [1.29, 1.82) is 0 Å². The summed E-state index contributed by atoms with van der Waals surface area (Å²) in [6, 6.07) is 5.98. The van der Waals surface area contributed by atoms with Gasteiger partial charge in [-0.05, 0) is 49.8 Å². The van der Waals surface area contributed by atoms with Crippen molar-refractivity contribution < 1.29 is 9.90 Å². The van der Waals surface area contributed by atoms with Gasteiger partial charge in [0.05, 0.1) is 6.10 Å². The Kier molecular flexibility index (Phi) is 3.39. The first-order valence-electron chi connectivity index (χ1n) is 6.00. The summed E-state index contributed by atoms with van der Waals surface area (Å²) in [6.45, 7) is 1.65. The minimum atomic E-state index is -0.552. The number of carbonyl (C=O) groups is 1. The summed E-state index contributed by atoms with van der Waals surface area (Å²) in [5.74, 6) is 0.0448. The number of rotatable bonds is 3. The summed E-state index contributed by atoms with van der Waals surface area (Å²) < 4.78 is 0. The SMILES string of the molecule is CC(O)CC(=O)c1ccc2c(c1)CCCC2. The number of aliphatic hydroxyl groups excluding tert-OH is 1. The van der Waals surface area contributed by atoms with Crippen molar-refractivity contribution in [1.82, 2.24) is 0 Å². The van der Waals surface area contributed by atoms with Gasteiger partial charge < -0.3 is 5.11 Å². The second-order valence-electron chi connectivity index (χ2n) is 4.67. The Bertz CT molecular complexity index is 394. The quantitative estimate of drug-likeness (QED) is 0.791. The average molecular weight is 218 g/mol. The molecule has 16 heavy (non-hydrogen) atoms. The second kappa shape index (κ2) is 4.79. The van der Waals surface area contributed by atoms with E-state index in [9.17, 15) is 9.90 Å². The molecule has 2 heteroatoms. The Morgan fingerprint density at radius 2 is 2.00 bits per heavy atom. The Balaban J connectivity index is 2.19. The fourth-order valence-electron chi connectivity index (χ4n) is 2.29. The molecule has 0 bridgehead atoms. The molecule has 1 aliphatic carbocycles. The third-order valence-corrected chi connectivity index (χ3v) is 3.15. The maximum atomic E-state index is 11.8. The molecule has 0 fully saturated rings. The highest BCUT2D eigenvalue weighted by Gasteiger charge is 2.13. The highest BCUT2D eigenvalue weighted by molar-refractivity contribution is 5.96. The molecule has 2 nitrogen and oxygen atoms in total. The first-order chi connectivity index (χ1) is 7.66. The number of hydrogen-bond acceptors (Lipinski definition) is 2. The van der Waals surface area contributed by atoms with E-state index in [2.05, 4.69) is 6.07 Å². The number of fused-ring (bicyclic) bond motifs is 1. The number of hydrogen-bond donors (Lipinski definition) is 1. The highest BCUT2D eigenvalue weighted by atomic mass is 16.3. The van der Waals surface area contributed by atoms with Gasteiger partial charge in [0, 0.05) is 12.0 Å². The molecule has 0 heterocycles. The molecule has 1 atom stereocenters. The number of carbonyl (C=O) groups excluding carboxylic acids is 1. The molecule has 1 unspecified atom stereocenters. The number of ketones is 1. The van der Waals surface area contributed by atoms with E-state index in [1.54, 1.807) is 6.92 Å². The summed E-state index contributed by atoms with van der Waals surface area (Å²) in [5.41, 5.74) is 3.46. The zero-order chi connectivity index (χ0) is 11.5. The van der Waals surface area contributed by atoms with Crippen LogP contribution in [0.4, 0.5) is 0 Å². The molecular formula is C14H18O2. The smallest absolute Gasteiger partial charge is 0.165 e. The average Bonchev–Trinajstić information content (AvgIpc) is 2.27. The molecule has 1 aliphatic rings. The van der Waals surface area contributed by atoms with Crippen LogP contribution >= 0.6 is 0 Å². The summed E-state index contributed by atoms with van der Waals surface area (Å²) in [6.07, 6.45) is 4.38. The van der Waals surface area contributed by atoms with Crippen LogP contribution in [0.25, 0.3) is 0 Å². The van der Waals surface area contributed by atoms with Gasteiger partial charge in [-0.3, -0.25) is 4.79 Å². The van der Waals surface area contributed by atoms with E-state index in [0.717, 1.165) is 18.4 Å². The van der Waals surface area contributed by atoms with Gasteiger partial charge in [-0.1, -0.05) is 12.1 Å². The topological polar surface area (TPSA) is 37.3 Å². The van der Waals surface area contributed by atoms with Crippen LogP contribution in [0.2, 0.25) is 0 Å². The largest absolute Gasteiger partial charge is 0.393 e. The minimum Gasteiger partial charge on any atom is -0.393 e. The molecule has 1 aromatic carbocycles. The van der Waals surface area contributed by atoms with Crippen LogP contribution in [-0.2, 0) is 12.8 Å². The molecule has 0 saturated heterocycles. The summed E-state index contributed by atoms with van der Waals surface area (Å²) in [4.78, 5) is 11.8. The van der Waals surface area contributed by atoms with E-state index in [0.29, 0.717) is 0 Å². The maximum absolute atomic E-state index is 11.8. The van der Waals surface area contributed by atoms with Gasteiger partial charge in [-0.2, -0.15) is 0 Å². The Morgan fingerprint density at radius 3 is 2.69 bits per heavy atom. The van der Waals surface area contributed by atoms with Crippen LogP contribution in [0, 0.1) is 0 Å². The third-order valence-electron chi connectivity index (χ3n) is 3.15. The van der Waals surface area contributed by atoms with E-state index in [1.165, 1.54) is 24.0 Å². The zero-order valence-corrected chi connectivity index (χ0v) is 9.70.